The summed E-state index contributed by atoms with van der Waals surface area (Å²) in [5.74, 6) is 0.476. The number of nitrogens with zero attached hydrogens (tertiary/aromatic N) is 1. The number of halogens is 1. The van der Waals surface area contributed by atoms with E-state index in [1.54, 1.807) is 0 Å². The van der Waals surface area contributed by atoms with E-state index in [0.29, 0.717) is 12.5 Å². The molecule has 0 amide bonds. The van der Waals surface area contributed by atoms with Gasteiger partial charge in [0.25, 0.3) is 0 Å². The Morgan fingerprint density at radius 3 is 2.79 bits per heavy atom. The van der Waals surface area contributed by atoms with Crippen molar-refractivity contribution in [2.75, 3.05) is 30.8 Å². The van der Waals surface area contributed by atoms with Crippen LogP contribution in [-0.4, -0.2) is 44.2 Å². The van der Waals surface area contributed by atoms with Crippen LogP contribution in [-0.2, 0) is 10.0 Å². The van der Waals surface area contributed by atoms with Crippen LogP contribution in [0.3, 0.4) is 0 Å². The van der Waals surface area contributed by atoms with Gasteiger partial charge in [-0.25, -0.2) is 13.1 Å². The van der Waals surface area contributed by atoms with Crippen LogP contribution in [0, 0.1) is 5.92 Å². The van der Waals surface area contributed by atoms with Gasteiger partial charge in [0.2, 0.25) is 10.0 Å². The second-order valence-corrected chi connectivity index (χ2v) is 6.73. The quantitative estimate of drug-likeness (QED) is 0.753. The Kier molecular flexibility index (Phi) is 4.82. The Bertz CT molecular complexity index is 269. The lowest BCUT2D eigenvalue weighted by molar-refractivity contribution is 0.342. The molecule has 0 spiro atoms. The third-order valence-corrected chi connectivity index (χ3v) is 5.25. The minimum atomic E-state index is -3.08. The summed E-state index contributed by atoms with van der Waals surface area (Å²) in [5, 5.41) is 0. The van der Waals surface area contributed by atoms with Gasteiger partial charge in [0, 0.05) is 13.1 Å². The second-order valence-electron chi connectivity index (χ2n) is 3.62. The molecule has 1 fully saturated rings. The lowest BCUT2D eigenvalue weighted by atomic mass is 10.1. The summed E-state index contributed by atoms with van der Waals surface area (Å²) in [6.45, 7) is 5.87. The molecule has 1 aliphatic heterocycles. The van der Waals surface area contributed by atoms with E-state index >= 15 is 0 Å². The maximum atomic E-state index is 11.1. The van der Waals surface area contributed by atoms with Crippen molar-refractivity contribution in [3.05, 3.63) is 0 Å². The SMILES string of the molecule is CCN1CCC(CNS(=O)(=O)CBr)C1. The van der Waals surface area contributed by atoms with Gasteiger partial charge in [-0.05, 0) is 25.4 Å². The largest absolute Gasteiger partial charge is 0.303 e. The zero-order valence-corrected chi connectivity index (χ0v) is 10.8. The molecule has 0 aromatic rings. The molecule has 1 saturated heterocycles. The first-order valence-corrected chi connectivity index (χ1v) is 7.60. The molecule has 1 atom stereocenters. The molecule has 0 bridgehead atoms. The van der Waals surface area contributed by atoms with Gasteiger partial charge in [-0.3, -0.25) is 0 Å². The molecule has 1 N–H and O–H groups in total. The fourth-order valence-electron chi connectivity index (χ4n) is 1.65. The Balaban J connectivity index is 2.27. The molecule has 1 rings (SSSR count). The van der Waals surface area contributed by atoms with Gasteiger partial charge < -0.3 is 4.90 Å². The van der Waals surface area contributed by atoms with E-state index in [1.807, 2.05) is 0 Å². The van der Waals surface area contributed by atoms with E-state index in [-0.39, 0.29) is 4.66 Å². The van der Waals surface area contributed by atoms with Crippen LogP contribution in [0.25, 0.3) is 0 Å². The third kappa shape index (κ3) is 3.84. The van der Waals surface area contributed by atoms with E-state index in [1.165, 1.54) is 0 Å². The van der Waals surface area contributed by atoms with Crippen LogP contribution in [0.4, 0.5) is 0 Å². The molecule has 1 aliphatic rings. The molecule has 6 heteroatoms. The zero-order chi connectivity index (χ0) is 10.6. The van der Waals surface area contributed by atoms with Crippen molar-refractivity contribution in [3.8, 4) is 0 Å². The van der Waals surface area contributed by atoms with Crippen LogP contribution < -0.4 is 4.72 Å². The molecule has 1 unspecified atom stereocenters. The van der Waals surface area contributed by atoms with Crippen molar-refractivity contribution in [1.29, 1.82) is 0 Å². The number of hydrogen-bond donors (Lipinski definition) is 1. The van der Waals surface area contributed by atoms with Crippen molar-refractivity contribution in [2.24, 2.45) is 5.92 Å². The normalized spacial score (nSPS) is 24.3. The number of sulfonamides is 1. The molecule has 0 radical (unpaired) electrons. The molecule has 0 saturated carbocycles. The molecular weight excluding hydrogens is 268 g/mol. The number of likely N-dealkylation sites (tertiary alicyclic amines) is 1. The summed E-state index contributed by atoms with van der Waals surface area (Å²) in [5.41, 5.74) is 0. The summed E-state index contributed by atoms with van der Waals surface area (Å²) in [7, 11) is -3.08. The molecule has 14 heavy (non-hydrogen) atoms. The molecular formula is C8H17BrN2O2S. The summed E-state index contributed by atoms with van der Waals surface area (Å²) < 4.78 is 24.9. The van der Waals surface area contributed by atoms with Gasteiger partial charge in [-0.1, -0.05) is 22.9 Å². The number of nitrogens with one attached hydrogen (secondary N) is 1. The highest BCUT2D eigenvalue weighted by Gasteiger charge is 2.22. The predicted octanol–water partition coefficient (Wildman–Crippen LogP) is 0.600. The van der Waals surface area contributed by atoms with Gasteiger partial charge in [0.05, 0.1) is 0 Å². The monoisotopic (exact) mass is 284 g/mol. The van der Waals surface area contributed by atoms with E-state index < -0.39 is 10.0 Å². The fraction of sp³-hybridized carbons (Fsp3) is 1.00. The topological polar surface area (TPSA) is 49.4 Å². The molecule has 84 valence electrons. The minimum absolute atomic E-state index is 0.00971. The highest BCUT2D eigenvalue weighted by atomic mass is 79.9. The third-order valence-electron chi connectivity index (χ3n) is 2.55. The highest BCUT2D eigenvalue weighted by molar-refractivity contribution is 9.10. The Morgan fingerprint density at radius 2 is 2.29 bits per heavy atom. The predicted molar refractivity (Wildman–Crippen MR) is 60.9 cm³/mol. The van der Waals surface area contributed by atoms with Crippen molar-refractivity contribution in [1.82, 2.24) is 9.62 Å². The second kappa shape index (κ2) is 5.44. The average Bonchev–Trinajstić information content (AvgIpc) is 2.63. The summed E-state index contributed by atoms with van der Waals surface area (Å²) >= 11 is 2.95. The van der Waals surface area contributed by atoms with Gasteiger partial charge in [0.1, 0.15) is 4.66 Å². The first kappa shape index (κ1) is 12.4. The lowest BCUT2D eigenvalue weighted by Crippen LogP contribution is -2.31. The van der Waals surface area contributed by atoms with Crippen LogP contribution in [0.1, 0.15) is 13.3 Å². The molecule has 0 aromatic carbocycles. The lowest BCUT2D eigenvalue weighted by Gasteiger charge is -2.13. The van der Waals surface area contributed by atoms with Crippen molar-refractivity contribution in [3.63, 3.8) is 0 Å². The Labute approximate surface area is 94.2 Å². The fourth-order valence-corrected chi connectivity index (χ4v) is 2.70. The average molecular weight is 285 g/mol. The standard InChI is InChI=1S/C8H17BrN2O2S/c1-2-11-4-3-8(6-11)5-10-14(12,13)7-9/h8,10H,2-7H2,1H3. The summed E-state index contributed by atoms with van der Waals surface area (Å²) in [4.78, 5) is 2.34. The van der Waals surface area contributed by atoms with Gasteiger partial charge in [0.15, 0.2) is 0 Å². The number of rotatable bonds is 5. The van der Waals surface area contributed by atoms with Crippen molar-refractivity contribution in [2.45, 2.75) is 13.3 Å². The number of hydrogen-bond acceptors (Lipinski definition) is 3. The van der Waals surface area contributed by atoms with Gasteiger partial charge in [-0.15, -0.1) is 0 Å². The number of alkyl halides is 1. The van der Waals surface area contributed by atoms with Crippen LogP contribution in [0.15, 0.2) is 0 Å². The highest BCUT2D eigenvalue weighted by Crippen LogP contribution is 2.14. The van der Waals surface area contributed by atoms with E-state index in [9.17, 15) is 8.42 Å². The minimum Gasteiger partial charge on any atom is -0.303 e. The molecule has 4 nitrogen and oxygen atoms in total. The maximum absolute atomic E-state index is 11.1. The molecule has 1 heterocycles. The molecule has 0 aromatic heterocycles. The van der Waals surface area contributed by atoms with Crippen molar-refractivity contribution < 1.29 is 8.42 Å². The Hall–Kier alpha value is 0.350. The van der Waals surface area contributed by atoms with Crippen LogP contribution in [0.5, 0.6) is 0 Å². The van der Waals surface area contributed by atoms with E-state index in [0.717, 1.165) is 26.1 Å². The van der Waals surface area contributed by atoms with Gasteiger partial charge in [-0.2, -0.15) is 0 Å². The van der Waals surface area contributed by atoms with E-state index in [4.69, 9.17) is 0 Å². The smallest absolute Gasteiger partial charge is 0.221 e. The van der Waals surface area contributed by atoms with Crippen molar-refractivity contribution >= 4 is 26.0 Å². The van der Waals surface area contributed by atoms with Crippen LogP contribution >= 0.6 is 15.9 Å². The van der Waals surface area contributed by atoms with Gasteiger partial charge >= 0.3 is 0 Å². The molecule has 0 aliphatic carbocycles. The van der Waals surface area contributed by atoms with E-state index in [2.05, 4.69) is 32.5 Å². The Morgan fingerprint density at radius 1 is 1.57 bits per heavy atom. The summed E-state index contributed by atoms with van der Waals surface area (Å²) in [6, 6.07) is 0. The first-order chi connectivity index (χ1) is 6.57. The zero-order valence-electron chi connectivity index (χ0n) is 8.37. The first-order valence-electron chi connectivity index (χ1n) is 4.83. The maximum Gasteiger partial charge on any atom is 0.221 e. The summed E-state index contributed by atoms with van der Waals surface area (Å²) in [6.07, 6.45) is 1.10. The van der Waals surface area contributed by atoms with Crippen LogP contribution in [0.2, 0.25) is 0 Å².